The van der Waals surface area contributed by atoms with Crippen LogP contribution in [0.3, 0.4) is 0 Å². The second kappa shape index (κ2) is 6.34. The summed E-state index contributed by atoms with van der Waals surface area (Å²) in [5, 5.41) is 9.42. The third kappa shape index (κ3) is 2.88. The van der Waals surface area contributed by atoms with Crippen LogP contribution in [-0.4, -0.2) is 22.1 Å². The lowest BCUT2D eigenvalue weighted by Crippen LogP contribution is -2.00. The van der Waals surface area contributed by atoms with Gasteiger partial charge in [0.25, 0.3) is 0 Å². The zero-order valence-corrected chi connectivity index (χ0v) is 13.3. The van der Waals surface area contributed by atoms with Crippen LogP contribution in [0.4, 0.5) is 5.82 Å². The van der Waals surface area contributed by atoms with Crippen molar-refractivity contribution < 1.29 is 4.74 Å². The monoisotopic (exact) mass is 317 g/mol. The maximum absolute atomic E-state index is 9.42. The summed E-state index contributed by atoms with van der Waals surface area (Å²) in [4.78, 5) is 12.7. The van der Waals surface area contributed by atoms with Gasteiger partial charge in [0.05, 0.1) is 12.8 Å². The minimum absolute atomic E-state index is 0.182. The zero-order valence-electron chi connectivity index (χ0n) is 13.3. The number of nitrogen functional groups attached to an aromatic ring is 1. The highest BCUT2D eigenvalue weighted by Gasteiger charge is 2.14. The number of pyridine rings is 1. The van der Waals surface area contributed by atoms with Gasteiger partial charge in [-0.05, 0) is 37.3 Å². The number of aromatic nitrogens is 3. The van der Waals surface area contributed by atoms with Crippen LogP contribution >= 0.6 is 0 Å². The van der Waals surface area contributed by atoms with E-state index < -0.39 is 0 Å². The number of nitriles is 1. The summed E-state index contributed by atoms with van der Waals surface area (Å²) in [7, 11) is 1.61. The van der Waals surface area contributed by atoms with Gasteiger partial charge in [0.15, 0.2) is 0 Å². The molecule has 2 N–H and O–H groups in total. The molecule has 2 aromatic heterocycles. The quantitative estimate of drug-likeness (QED) is 0.797. The zero-order chi connectivity index (χ0) is 17.1. The highest BCUT2D eigenvalue weighted by molar-refractivity contribution is 5.79. The lowest BCUT2D eigenvalue weighted by molar-refractivity contribution is 0.415. The molecule has 0 aliphatic carbocycles. The molecule has 0 saturated carbocycles. The Balaban J connectivity index is 2.15. The average Bonchev–Trinajstić information content (AvgIpc) is 2.62. The average molecular weight is 317 g/mol. The molecular weight excluding hydrogens is 302 g/mol. The van der Waals surface area contributed by atoms with Crippen LogP contribution in [0.5, 0.6) is 5.75 Å². The molecule has 2 heterocycles. The lowest BCUT2D eigenvalue weighted by Gasteiger charge is -2.10. The number of hydrogen-bond acceptors (Lipinski definition) is 6. The fourth-order valence-electron chi connectivity index (χ4n) is 2.35. The van der Waals surface area contributed by atoms with Crippen molar-refractivity contribution in [3.63, 3.8) is 0 Å². The molecule has 0 amide bonds. The van der Waals surface area contributed by atoms with E-state index in [2.05, 4.69) is 21.0 Å². The van der Waals surface area contributed by atoms with Crippen molar-refractivity contribution in [2.75, 3.05) is 12.8 Å². The first-order chi connectivity index (χ1) is 11.6. The van der Waals surface area contributed by atoms with Gasteiger partial charge < -0.3 is 10.5 Å². The minimum Gasteiger partial charge on any atom is -0.497 e. The molecule has 0 saturated heterocycles. The molecule has 3 aromatic rings. The normalized spacial score (nSPS) is 10.2. The Labute approximate surface area is 139 Å². The third-order valence-electron chi connectivity index (χ3n) is 3.64. The molecule has 0 radical (unpaired) electrons. The molecule has 0 fully saturated rings. The molecular formula is C18H15N5O. The van der Waals surface area contributed by atoms with Gasteiger partial charge in [0.2, 0.25) is 0 Å². The van der Waals surface area contributed by atoms with Gasteiger partial charge in [-0.25, -0.2) is 15.0 Å². The molecule has 0 aliphatic heterocycles. The Morgan fingerprint density at radius 1 is 1.08 bits per heavy atom. The number of aryl methyl sites for hydroxylation is 1. The van der Waals surface area contributed by atoms with Crippen LogP contribution in [0.2, 0.25) is 0 Å². The van der Waals surface area contributed by atoms with E-state index >= 15 is 0 Å². The Kier molecular flexibility index (Phi) is 4.08. The van der Waals surface area contributed by atoms with E-state index in [0.29, 0.717) is 22.6 Å². The largest absolute Gasteiger partial charge is 0.497 e. The van der Waals surface area contributed by atoms with Crippen molar-refractivity contribution in [3.8, 4) is 34.2 Å². The number of ether oxygens (including phenoxy) is 1. The smallest absolute Gasteiger partial charge is 0.142 e. The highest BCUT2D eigenvalue weighted by Crippen LogP contribution is 2.31. The fourth-order valence-corrected chi connectivity index (χ4v) is 2.35. The van der Waals surface area contributed by atoms with Crippen LogP contribution in [0, 0.1) is 18.3 Å². The molecule has 6 heteroatoms. The minimum atomic E-state index is 0.182. The molecule has 3 rings (SSSR count). The van der Waals surface area contributed by atoms with Crippen molar-refractivity contribution in [2.45, 2.75) is 6.92 Å². The van der Waals surface area contributed by atoms with Crippen LogP contribution in [0.1, 0.15) is 11.4 Å². The number of hydrogen-bond donors (Lipinski definition) is 1. The lowest BCUT2D eigenvalue weighted by atomic mass is 10.0. The Morgan fingerprint density at radius 3 is 2.33 bits per heavy atom. The Morgan fingerprint density at radius 2 is 1.75 bits per heavy atom. The molecule has 0 atom stereocenters. The highest BCUT2D eigenvalue weighted by atomic mass is 16.5. The van der Waals surface area contributed by atoms with E-state index in [-0.39, 0.29) is 5.82 Å². The molecule has 24 heavy (non-hydrogen) atoms. The summed E-state index contributed by atoms with van der Waals surface area (Å²) >= 11 is 0. The topological polar surface area (TPSA) is 97.7 Å². The third-order valence-corrected chi connectivity index (χ3v) is 3.64. The van der Waals surface area contributed by atoms with E-state index in [1.165, 1.54) is 0 Å². The summed E-state index contributed by atoms with van der Waals surface area (Å²) in [6.45, 7) is 1.80. The number of nitrogens with zero attached hydrogens (tertiary/aromatic N) is 4. The van der Waals surface area contributed by atoms with Crippen LogP contribution in [-0.2, 0) is 0 Å². The molecule has 0 bridgehead atoms. The summed E-state index contributed by atoms with van der Waals surface area (Å²) < 4.78 is 5.16. The number of anilines is 1. The summed E-state index contributed by atoms with van der Waals surface area (Å²) in [5.74, 6) is 1.60. The Hall–Kier alpha value is -3.46. The first kappa shape index (κ1) is 15.4. The van der Waals surface area contributed by atoms with Crippen LogP contribution < -0.4 is 10.5 Å². The van der Waals surface area contributed by atoms with Crippen molar-refractivity contribution in [1.82, 2.24) is 15.0 Å². The van der Waals surface area contributed by atoms with Crippen molar-refractivity contribution in [1.29, 1.82) is 5.26 Å². The number of benzene rings is 1. The van der Waals surface area contributed by atoms with Gasteiger partial charge in [-0.1, -0.05) is 0 Å². The second-order valence-corrected chi connectivity index (χ2v) is 5.17. The van der Waals surface area contributed by atoms with Crippen molar-refractivity contribution in [2.24, 2.45) is 0 Å². The number of rotatable bonds is 3. The van der Waals surface area contributed by atoms with E-state index in [9.17, 15) is 5.26 Å². The number of nitrogens with two attached hydrogens (primary N) is 1. The Bertz CT molecular complexity index is 912. The number of methoxy groups -OCH3 is 1. The maximum Gasteiger partial charge on any atom is 0.142 e. The predicted octanol–water partition coefficient (Wildman–Crippen LogP) is 2.98. The van der Waals surface area contributed by atoms with Gasteiger partial charge >= 0.3 is 0 Å². The molecule has 1 aromatic carbocycles. The molecule has 6 nitrogen and oxygen atoms in total. The second-order valence-electron chi connectivity index (χ2n) is 5.17. The van der Waals surface area contributed by atoms with Gasteiger partial charge in [0.1, 0.15) is 29.0 Å². The summed E-state index contributed by atoms with van der Waals surface area (Å²) in [6, 6.07) is 11.4. The maximum atomic E-state index is 9.42. The van der Waals surface area contributed by atoms with Gasteiger partial charge in [0, 0.05) is 29.1 Å². The van der Waals surface area contributed by atoms with Gasteiger partial charge in [-0.3, -0.25) is 0 Å². The van der Waals surface area contributed by atoms with E-state index in [1.807, 2.05) is 30.3 Å². The standard InChI is InChI=1S/C18H15N5O/c1-11-21-9-13(10-22-11)15-7-17(23-18(20)16(15)8-19)12-3-5-14(24-2)6-4-12/h3-7,9-10H,1-2H3,(H2,20,23). The molecule has 0 spiro atoms. The molecule has 0 unspecified atom stereocenters. The summed E-state index contributed by atoms with van der Waals surface area (Å²) in [6.07, 6.45) is 3.35. The van der Waals surface area contributed by atoms with E-state index in [4.69, 9.17) is 10.5 Å². The first-order valence-electron chi connectivity index (χ1n) is 7.26. The first-order valence-corrected chi connectivity index (χ1v) is 7.26. The van der Waals surface area contributed by atoms with Gasteiger partial charge in [-0.15, -0.1) is 0 Å². The van der Waals surface area contributed by atoms with Gasteiger partial charge in [-0.2, -0.15) is 5.26 Å². The van der Waals surface area contributed by atoms with E-state index in [0.717, 1.165) is 16.9 Å². The fraction of sp³-hybridized carbons (Fsp3) is 0.111. The van der Waals surface area contributed by atoms with Crippen LogP contribution in [0.25, 0.3) is 22.4 Å². The SMILES string of the molecule is COc1ccc(-c2cc(-c3cnc(C)nc3)c(C#N)c(N)n2)cc1. The predicted molar refractivity (Wildman–Crippen MR) is 91.1 cm³/mol. The summed E-state index contributed by atoms with van der Waals surface area (Å²) in [5.41, 5.74) is 9.25. The molecule has 118 valence electrons. The van der Waals surface area contributed by atoms with Crippen molar-refractivity contribution in [3.05, 3.63) is 54.1 Å². The van der Waals surface area contributed by atoms with Crippen molar-refractivity contribution >= 4 is 5.82 Å². The van der Waals surface area contributed by atoms with E-state index in [1.54, 1.807) is 26.4 Å². The van der Waals surface area contributed by atoms with Crippen LogP contribution in [0.15, 0.2) is 42.7 Å². The molecule has 0 aliphatic rings.